The summed E-state index contributed by atoms with van der Waals surface area (Å²) < 4.78 is 5.44. The highest BCUT2D eigenvalue weighted by molar-refractivity contribution is 5.15. The second-order valence-electron chi connectivity index (χ2n) is 4.28. The Morgan fingerprint density at radius 2 is 2.00 bits per heavy atom. The highest BCUT2D eigenvalue weighted by Gasteiger charge is 2.11. The number of nitrogens with one attached hydrogen (secondary N) is 1. The van der Waals surface area contributed by atoms with E-state index in [9.17, 15) is 0 Å². The average Bonchev–Trinajstić information content (AvgIpc) is 2.93. The molecule has 0 radical (unpaired) electrons. The molecule has 0 aliphatic rings. The fraction of sp³-hybridized carbons (Fsp3) is 0.250. The Morgan fingerprint density at radius 3 is 2.67 bits per heavy atom. The van der Waals surface area contributed by atoms with Crippen molar-refractivity contribution in [1.29, 1.82) is 0 Å². The van der Waals surface area contributed by atoms with Crippen LogP contribution in [-0.2, 0) is 6.42 Å². The number of hydrogen-bond donors (Lipinski definition) is 1. The van der Waals surface area contributed by atoms with Crippen LogP contribution in [0.1, 0.15) is 23.8 Å². The predicted molar refractivity (Wildman–Crippen MR) is 74.4 cm³/mol. The van der Waals surface area contributed by atoms with Gasteiger partial charge in [0.1, 0.15) is 5.76 Å². The van der Waals surface area contributed by atoms with Crippen molar-refractivity contribution in [3.05, 3.63) is 72.7 Å². The molecule has 0 saturated carbocycles. The summed E-state index contributed by atoms with van der Waals surface area (Å²) in [6, 6.07) is 14.6. The smallest absolute Gasteiger partial charge is 0.120 e. The molecule has 1 aromatic carbocycles. The van der Waals surface area contributed by atoms with Crippen molar-refractivity contribution in [1.82, 2.24) is 5.32 Å². The average molecular weight is 241 g/mol. The van der Waals surface area contributed by atoms with Gasteiger partial charge in [0.2, 0.25) is 0 Å². The van der Waals surface area contributed by atoms with E-state index in [0.29, 0.717) is 0 Å². The van der Waals surface area contributed by atoms with Gasteiger partial charge in [-0.3, -0.25) is 0 Å². The molecule has 1 N–H and O–H groups in total. The molecular formula is C16H19NO. The molecule has 1 heterocycles. The van der Waals surface area contributed by atoms with E-state index in [1.54, 1.807) is 6.26 Å². The topological polar surface area (TPSA) is 25.2 Å². The van der Waals surface area contributed by atoms with E-state index in [1.165, 1.54) is 5.56 Å². The summed E-state index contributed by atoms with van der Waals surface area (Å²) in [5.74, 6) is 0.975. The van der Waals surface area contributed by atoms with Crippen molar-refractivity contribution in [2.75, 3.05) is 6.54 Å². The Labute approximate surface area is 108 Å². The molecule has 0 spiro atoms. The highest BCUT2D eigenvalue weighted by atomic mass is 16.3. The fourth-order valence-electron chi connectivity index (χ4n) is 1.99. The van der Waals surface area contributed by atoms with Crippen LogP contribution in [0.15, 0.2) is 65.8 Å². The van der Waals surface area contributed by atoms with E-state index >= 15 is 0 Å². The van der Waals surface area contributed by atoms with Crippen LogP contribution in [-0.4, -0.2) is 6.54 Å². The van der Waals surface area contributed by atoms with Crippen molar-refractivity contribution in [3.63, 3.8) is 0 Å². The molecule has 1 atom stereocenters. The third kappa shape index (κ3) is 3.60. The summed E-state index contributed by atoms with van der Waals surface area (Å²) in [6.45, 7) is 4.73. The van der Waals surface area contributed by atoms with Crippen LogP contribution in [0.4, 0.5) is 0 Å². The zero-order valence-electron chi connectivity index (χ0n) is 10.5. The SMILES string of the molecule is C=CC[C@@H](NCCc1ccccc1)c1ccco1. The molecule has 0 saturated heterocycles. The van der Waals surface area contributed by atoms with Gasteiger partial charge in [0.15, 0.2) is 0 Å². The van der Waals surface area contributed by atoms with Gasteiger partial charge in [-0.1, -0.05) is 36.4 Å². The van der Waals surface area contributed by atoms with E-state index in [2.05, 4.69) is 36.2 Å². The van der Waals surface area contributed by atoms with Crippen LogP contribution in [0.2, 0.25) is 0 Å². The van der Waals surface area contributed by atoms with Crippen molar-refractivity contribution >= 4 is 0 Å². The molecule has 2 aromatic rings. The zero-order chi connectivity index (χ0) is 12.6. The minimum Gasteiger partial charge on any atom is -0.468 e. The third-order valence-corrected chi connectivity index (χ3v) is 2.94. The summed E-state index contributed by atoms with van der Waals surface area (Å²) in [5.41, 5.74) is 1.35. The van der Waals surface area contributed by atoms with Crippen LogP contribution in [0.3, 0.4) is 0 Å². The van der Waals surface area contributed by atoms with Crippen LogP contribution >= 0.6 is 0 Å². The molecule has 2 rings (SSSR count). The van der Waals surface area contributed by atoms with Crippen molar-refractivity contribution in [2.45, 2.75) is 18.9 Å². The molecule has 94 valence electrons. The summed E-state index contributed by atoms with van der Waals surface area (Å²) in [5, 5.41) is 3.51. The third-order valence-electron chi connectivity index (χ3n) is 2.94. The first-order valence-corrected chi connectivity index (χ1v) is 6.32. The minimum atomic E-state index is 0.223. The molecule has 1 aromatic heterocycles. The van der Waals surface area contributed by atoms with Gasteiger partial charge in [-0.05, 0) is 37.1 Å². The lowest BCUT2D eigenvalue weighted by Crippen LogP contribution is -2.23. The summed E-state index contributed by atoms with van der Waals surface area (Å²) in [7, 11) is 0. The molecule has 2 nitrogen and oxygen atoms in total. The Balaban J connectivity index is 1.85. The maximum absolute atomic E-state index is 5.44. The minimum absolute atomic E-state index is 0.223. The predicted octanol–water partition coefficient (Wildman–Crippen LogP) is 3.73. The first-order valence-electron chi connectivity index (χ1n) is 6.32. The second kappa shape index (κ2) is 6.82. The number of benzene rings is 1. The van der Waals surface area contributed by atoms with Gasteiger partial charge in [-0.15, -0.1) is 6.58 Å². The van der Waals surface area contributed by atoms with E-state index < -0.39 is 0 Å². The lowest BCUT2D eigenvalue weighted by molar-refractivity contribution is 0.415. The molecule has 0 bridgehead atoms. The van der Waals surface area contributed by atoms with Crippen molar-refractivity contribution < 1.29 is 4.42 Å². The van der Waals surface area contributed by atoms with Gasteiger partial charge in [0, 0.05) is 0 Å². The van der Waals surface area contributed by atoms with Gasteiger partial charge in [0.25, 0.3) is 0 Å². The van der Waals surface area contributed by atoms with E-state index in [4.69, 9.17) is 4.42 Å². The lowest BCUT2D eigenvalue weighted by Gasteiger charge is -2.14. The van der Waals surface area contributed by atoms with Crippen LogP contribution < -0.4 is 5.32 Å². The van der Waals surface area contributed by atoms with Crippen LogP contribution in [0.25, 0.3) is 0 Å². The van der Waals surface area contributed by atoms with E-state index in [-0.39, 0.29) is 6.04 Å². The Kier molecular flexibility index (Phi) is 4.79. The van der Waals surface area contributed by atoms with Gasteiger partial charge in [-0.25, -0.2) is 0 Å². The molecule has 18 heavy (non-hydrogen) atoms. The summed E-state index contributed by atoms with van der Waals surface area (Å²) in [4.78, 5) is 0. The Bertz CT molecular complexity index is 447. The molecule has 0 unspecified atom stereocenters. The van der Waals surface area contributed by atoms with Crippen LogP contribution in [0, 0.1) is 0 Å². The number of hydrogen-bond acceptors (Lipinski definition) is 2. The maximum atomic E-state index is 5.44. The summed E-state index contributed by atoms with van der Waals surface area (Å²) in [6.07, 6.45) is 5.53. The van der Waals surface area contributed by atoms with E-state index in [1.807, 2.05) is 24.3 Å². The maximum Gasteiger partial charge on any atom is 0.120 e. The quantitative estimate of drug-likeness (QED) is 0.747. The van der Waals surface area contributed by atoms with Crippen LogP contribution in [0.5, 0.6) is 0 Å². The summed E-state index contributed by atoms with van der Waals surface area (Å²) >= 11 is 0. The molecule has 0 fully saturated rings. The Hall–Kier alpha value is -1.80. The van der Waals surface area contributed by atoms with Gasteiger partial charge in [0.05, 0.1) is 12.3 Å². The normalized spacial score (nSPS) is 12.2. The van der Waals surface area contributed by atoms with Gasteiger partial charge < -0.3 is 9.73 Å². The van der Waals surface area contributed by atoms with Gasteiger partial charge >= 0.3 is 0 Å². The molecule has 0 amide bonds. The standard InChI is InChI=1S/C16H19NO/c1-2-7-15(16-10-6-13-18-16)17-12-11-14-8-4-3-5-9-14/h2-6,8-10,13,15,17H,1,7,11-12H2/t15-/m1/s1. The largest absolute Gasteiger partial charge is 0.468 e. The molecule has 0 aliphatic heterocycles. The Morgan fingerprint density at radius 1 is 1.17 bits per heavy atom. The molecule has 0 aliphatic carbocycles. The van der Waals surface area contributed by atoms with Crippen molar-refractivity contribution in [2.24, 2.45) is 0 Å². The number of rotatable bonds is 7. The van der Waals surface area contributed by atoms with Crippen molar-refractivity contribution in [3.8, 4) is 0 Å². The highest BCUT2D eigenvalue weighted by Crippen LogP contribution is 2.17. The number of furan rings is 1. The monoisotopic (exact) mass is 241 g/mol. The molecule has 2 heteroatoms. The van der Waals surface area contributed by atoms with Gasteiger partial charge in [-0.2, -0.15) is 0 Å². The second-order valence-corrected chi connectivity index (χ2v) is 4.28. The first kappa shape index (κ1) is 12.7. The van der Waals surface area contributed by atoms with E-state index in [0.717, 1.165) is 25.1 Å². The fourth-order valence-corrected chi connectivity index (χ4v) is 1.99. The lowest BCUT2D eigenvalue weighted by atomic mass is 10.1. The molecular weight excluding hydrogens is 222 g/mol. The zero-order valence-corrected chi connectivity index (χ0v) is 10.5. The first-order chi connectivity index (χ1) is 8.90.